The summed E-state index contributed by atoms with van der Waals surface area (Å²) in [6, 6.07) is 0. The normalized spacial score (nSPS) is 14.5. The quantitative estimate of drug-likeness (QED) is 0.636. The van der Waals surface area contributed by atoms with Gasteiger partial charge in [0.25, 0.3) is 0 Å². The summed E-state index contributed by atoms with van der Waals surface area (Å²) in [6.45, 7) is 7.72. The number of aromatic nitrogens is 1. The summed E-state index contributed by atoms with van der Waals surface area (Å²) in [5.74, 6) is -0.417. The van der Waals surface area contributed by atoms with E-state index in [1.54, 1.807) is 23.1 Å². The Morgan fingerprint density at radius 2 is 2.24 bits per heavy atom. The van der Waals surface area contributed by atoms with E-state index >= 15 is 0 Å². The highest BCUT2D eigenvalue weighted by atomic mass is 35.5. The molecule has 5 heteroatoms. The van der Waals surface area contributed by atoms with E-state index in [-0.39, 0.29) is 10.9 Å². The van der Waals surface area contributed by atoms with E-state index in [0.29, 0.717) is 24.2 Å². The monoisotopic (exact) mass is 306 g/mol. The van der Waals surface area contributed by atoms with Crippen LogP contribution in [0.25, 0.3) is 6.08 Å². The van der Waals surface area contributed by atoms with E-state index in [1.807, 2.05) is 0 Å². The van der Waals surface area contributed by atoms with Crippen LogP contribution in [0.3, 0.4) is 0 Å². The van der Waals surface area contributed by atoms with Gasteiger partial charge in [-0.25, -0.2) is 9.37 Å². The van der Waals surface area contributed by atoms with Gasteiger partial charge in [-0.15, -0.1) is 6.58 Å². The average molecular weight is 307 g/mol. The molecule has 3 nitrogen and oxygen atoms in total. The minimum atomic E-state index is -0.589. The third kappa shape index (κ3) is 3.16. The highest BCUT2D eigenvalue weighted by Crippen LogP contribution is 2.34. The summed E-state index contributed by atoms with van der Waals surface area (Å²) in [6.07, 6.45) is 9.38. The molecule has 2 heterocycles. The fourth-order valence-corrected chi connectivity index (χ4v) is 2.33. The van der Waals surface area contributed by atoms with Crippen molar-refractivity contribution in [3.63, 3.8) is 0 Å². The number of rotatable bonds is 5. The highest BCUT2D eigenvalue weighted by Gasteiger charge is 2.23. The Kier molecular flexibility index (Phi) is 4.81. The maximum Gasteiger partial charge on any atom is 0.184 e. The van der Waals surface area contributed by atoms with Gasteiger partial charge in [-0.2, -0.15) is 0 Å². The van der Waals surface area contributed by atoms with Gasteiger partial charge in [0, 0.05) is 24.0 Å². The molecule has 0 fully saturated rings. The Bertz CT molecular complexity index is 637. The second-order valence-electron chi connectivity index (χ2n) is 4.57. The summed E-state index contributed by atoms with van der Waals surface area (Å²) in [5.41, 5.74) is 1.67. The first kappa shape index (κ1) is 15.3. The standard InChI is InChI=1S/C16H16ClFN2O/c1-3-5-6-12-9-13(21)7-8-20(12)15-11(4-2)10-19-16(17)14(15)18/h3-4,7,9-10,21H,1-2,5-6,8H2. The predicted octanol–water partition coefficient (Wildman–Crippen LogP) is 4.63. The Morgan fingerprint density at radius 3 is 2.90 bits per heavy atom. The van der Waals surface area contributed by atoms with Gasteiger partial charge in [-0.05, 0) is 25.0 Å². The molecule has 0 unspecified atom stereocenters. The highest BCUT2D eigenvalue weighted by molar-refractivity contribution is 6.29. The van der Waals surface area contributed by atoms with Crippen molar-refractivity contribution in [1.29, 1.82) is 0 Å². The number of halogens is 2. The molecule has 0 saturated heterocycles. The lowest BCUT2D eigenvalue weighted by molar-refractivity contribution is 0.426. The lowest BCUT2D eigenvalue weighted by atomic mass is 10.1. The second kappa shape index (κ2) is 6.59. The third-order valence-corrected chi connectivity index (χ3v) is 3.48. The van der Waals surface area contributed by atoms with Gasteiger partial charge in [0.2, 0.25) is 0 Å². The molecular formula is C16H16ClFN2O. The second-order valence-corrected chi connectivity index (χ2v) is 4.93. The number of hydrogen-bond donors (Lipinski definition) is 1. The largest absolute Gasteiger partial charge is 0.508 e. The molecule has 1 aromatic rings. The van der Waals surface area contributed by atoms with Crippen LogP contribution in [0.5, 0.6) is 0 Å². The summed E-state index contributed by atoms with van der Waals surface area (Å²) in [5, 5.41) is 9.49. The van der Waals surface area contributed by atoms with Crippen LogP contribution in [0.1, 0.15) is 18.4 Å². The summed E-state index contributed by atoms with van der Waals surface area (Å²) >= 11 is 5.80. The fourth-order valence-electron chi connectivity index (χ4n) is 2.19. The van der Waals surface area contributed by atoms with Gasteiger partial charge in [-0.3, -0.25) is 0 Å². The van der Waals surface area contributed by atoms with Crippen LogP contribution in [-0.4, -0.2) is 16.6 Å². The van der Waals surface area contributed by atoms with Gasteiger partial charge in [-0.1, -0.05) is 30.3 Å². The molecule has 0 saturated carbocycles. The molecule has 0 spiro atoms. The number of anilines is 1. The molecule has 2 rings (SSSR count). The molecule has 0 aromatic carbocycles. The Hall–Kier alpha value is -2.07. The zero-order chi connectivity index (χ0) is 15.4. The maximum absolute atomic E-state index is 14.4. The topological polar surface area (TPSA) is 36.4 Å². The van der Waals surface area contributed by atoms with Crippen LogP contribution in [0.2, 0.25) is 5.15 Å². The van der Waals surface area contributed by atoms with Crippen LogP contribution in [0, 0.1) is 5.82 Å². The van der Waals surface area contributed by atoms with Gasteiger partial charge in [0.05, 0.1) is 5.69 Å². The predicted molar refractivity (Wildman–Crippen MR) is 84.9 cm³/mol. The zero-order valence-corrected chi connectivity index (χ0v) is 12.3. The van der Waals surface area contributed by atoms with Crippen molar-refractivity contribution in [1.82, 2.24) is 4.98 Å². The van der Waals surface area contributed by atoms with Crippen molar-refractivity contribution < 1.29 is 9.50 Å². The van der Waals surface area contributed by atoms with E-state index < -0.39 is 5.82 Å². The van der Waals surface area contributed by atoms with Crippen molar-refractivity contribution in [3.05, 3.63) is 65.6 Å². The lowest BCUT2D eigenvalue weighted by Crippen LogP contribution is -2.27. The Labute approximate surface area is 128 Å². The van der Waals surface area contributed by atoms with Crippen molar-refractivity contribution in [2.75, 3.05) is 11.4 Å². The number of allylic oxidation sites excluding steroid dienone is 3. The Balaban J connectivity index is 2.49. The SMILES string of the molecule is C=CCCC1=CC(O)=CCN1c1c(C=C)cnc(Cl)c1F. The first-order valence-electron chi connectivity index (χ1n) is 6.53. The molecule has 0 atom stereocenters. The average Bonchev–Trinajstić information content (AvgIpc) is 2.48. The summed E-state index contributed by atoms with van der Waals surface area (Å²) in [4.78, 5) is 5.57. The Morgan fingerprint density at radius 1 is 1.48 bits per heavy atom. The number of nitrogens with zero attached hydrogens (tertiary/aromatic N) is 2. The first-order chi connectivity index (χ1) is 10.1. The van der Waals surface area contributed by atoms with E-state index in [0.717, 1.165) is 12.1 Å². The molecule has 21 heavy (non-hydrogen) atoms. The van der Waals surface area contributed by atoms with Gasteiger partial charge < -0.3 is 10.0 Å². The molecular weight excluding hydrogens is 291 g/mol. The van der Waals surface area contributed by atoms with Gasteiger partial charge in [0.1, 0.15) is 5.76 Å². The molecule has 0 bridgehead atoms. The summed E-state index contributed by atoms with van der Waals surface area (Å²) < 4.78 is 14.4. The number of hydrogen-bond acceptors (Lipinski definition) is 3. The molecule has 0 aliphatic carbocycles. The van der Waals surface area contributed by atoms with Crippen LogP contribution < -0.4 is 4.90 Å². The van der Waals surface area contributed by atoms with Crippen molar-refractivity contribution in [2.45, 2.75) is 12.8 Å². The van der Waals surface area contributed by atoms with E-state index in [4.69, 9.17) is 11.6 Å². The van der Waals surface area contributed by atoms with Crippen LogP contribution in [-0.2, 0) is 0 Å². The molecule has 1 aliphatic rings. The number of aliphatic hydroxyl groups excluding tert-OH is 1. The molecule has 0 radical (unpaired) electrons. The molecule has 1 aliphatic heterocycles. The minimum Gasteiger partial charge on any atom is -0.508 e. The van der Waals surface area contributed by atoms with Crippen molar-refractivity contribution in [2.24, 2.45) is 0 Å². The first-order valence-corrected chi connectivity index (χ1v) is 6.90. The van der Waals surface area contributed by atoms with E-state index in [2.05, 4.69) is 18.1 Å². The van der Waals surface area contributed by atoms with Crippen LogP contribution >= 0.6 is 11.6 Å². The van der Waals surface area contributed by atoms with Crippen LogP contribution in [0.4, 0.5) is 10.1 Å². The molecule has 0 amide bonds. The van der Waals surface area contributed by atoms with Crippen molar-refractivity contribution >= 4 is 23.4 Å². The smallest absolute Gasteiger partial charge is 0.184 e. The third-order valence-electron chi connectivity index (χ3n) is 3.22. The summed E-state index contributed by atoms with van der Waals surface area (Å²) in [7, 11) is 0. The van der Waals surface area contributed by atoms with Gasteiger partial charge >= 0.3 is 0 Å². The van der Waals surface area contributed by atoms with Gasteiger partial charge in [0.15, 0.2) is 11.0 Å². The van der Waals surface area contributed by atoms with Crippen LogP contribution in [0.15, 0.2) is 49.0 Å². The lowest BCUT2D eigenvalue weighted by Gasteiger charge is -2.30. The minimum absolute atomic E-state index is 0.172. The van der Waals surface area contributed by atoms with E-state index in [1.165, 1.54) is 12.3 Å². The number of pyridine rings is 1. The number of aliphatic hydroxyl groups is 1. The zero-order valence-electron chi connectivity index (χ0n) is 11.5. The van der Waals surface area contributed by atoms with E-state index in [9.17, 15) is 9.50 Å². The molecule has 1 aromatic heterocycles. The fraction of sp³-hybridized carbons (Fsp3) is 0.188. The molecule has 1 N–H and O–H groups in total. The maximum atomic E-state index is 14.4. The van der Waals surface area contributed by atoms with Crippen molar-refractivity contribution in [3.8, 4) is 0 Å². The molecule has 110 valence electrons.